The van der Waals surface area contributed by atoms with Gasteiger partial charge in [-0.25, -0.2) is 13.2 Å². The molecule has 0 radical (unpaired) electrons. The largest absolute Gasteiger partial charge is 0.481 e. The number of rotatable bonds is 13. The number of carboxylic acid groups (broad SMARTS) is 1. The molecule has 0 spiro atoms. The van der Waals surface area contributed by atoms with Crippen LogP contribution in [-0.4, -0.2) is 85.2 Å². The van der Waals surface area contributed by atoms with E-state index >= 15 is 0 Å². The third kappa shape index (κ3) is 11.7. The van der Waals surface area contributed by atoms with E-state index in [1.807, 2.05) is 6.07 Å². The van der Waals surface area contributed by atoms with Gasteiger partial charge in [-0.1, -0.05) is 51.1 Å². The predicted octanol–water partition coefficient (Wildman–Crippen LogP) is 1.23. The van der Waals surface area contributed by atoms with E-state index in [9.17, 15) is 37.5 Å². The highest BCUT2D eigenvalue weighted by Crippen LogP contribution is 2.26. The lowest BCUT2D eigenvalue weighted by molar-refractivity contribution is -0.145. The number of benzene rings is 1. The van der Waals surface area contributed by atoms with Crippen LogP contribution in [0.15, 0.2) is 41.8 Å². The number of aliphatic carboxylic acids is 1. The Morgan fingerprint density at radius 1 is 1.14 bits per heavy atom. The fourth-order valence-corrected chi connectivity index (χ4v) is 4.91. The van der Waals surface area contributed by atoms with Gasteiger partial charge in [-0.15, -0.1) is 0 Å². The second kappa shape index (κ2) is 15.9. The molecule has 2 rings (SSSR count). The molecule has 240 valence electrons. The number of alkyl carbamates (subject to hydrolysis) is 1. The lowest BCUT2D eigenvalue weighted by Gasteiger charge is -2.36. The van der Waals surface area contributed by atoms with Crippen molar-refractivity contribution in [3.63, 3.8) is 0 Å². The summed E-state index contributed by atoms with van der Waals surface area (Å²) >= 11 is 0. The van der Waals surface area contributed by atoms with E-state index in [-0.39, 0.29) is 26.0 Å². The van der Waals surface area contributed by atoms with Crippen LogP contribution in [0.2, 0.25) is 0 Å². The number of ether oxygens (including phenoxy) is 1. The summed E-state index contributed by atoms with van der Waals surface area (Å²) in [7, 11) is -3.51. The van der Waals surface area contributed by atoms with E-state index in [2.05, 4.69) is 16.0 Å². The van der Waals surface area contributed by atoms with Crippen molar-refractivity contribution in [1.29, 1.82) is 5.26 Å². The van der Waals surface area contributed by atoms with Crippen LogP contribution < -0.4 is 16.0 Å². The van der Waals surface area contributed by atoms with Crippen LogP contribution in [0.25, 0.3) is 0 Å². The van der Waals surface area contributed by atoms with Crippen LogP contribution in [0.3, 0.4) is 0 Å². The summed E-state index contributed by atoms with van der Waals surface area (Å²) < 4.78 is 28.1. The summed E-state index contributed by atoms with van der Waals surface area (Å²) in [5, 5.41) is 26.8. The molecule has 0 unspecified atom stereocenters. The van der Waals surface area contributed by atoms with Gasteiger partial charge < -0.3 is 30.7 Å². The number of carbonyl (C=O) groups excluding carboxylic acids is 4. The molecular weight excluding hydrogens is 594 g/mol. The van der Waals surface area contributed by atoms with Gasteiger partial charge in [0, 0.05) is 18.2 Å². The van der Waals surface area contributed by atoms with Crippen LogP contribution in [0, 0.1) is 16.7 Å². The Hall–Kier alpha value is -4.45. The summed E-state index contributed by atoms with van der Waals surface area (Å²) in [6.07, 6.45) is 0.897. The lowest BCUT2D eigenvalue weighted by Crippen LogP contribution is -2.60. The first-order chi connectivity index (χ1) is 20.5. The Labute approximate surface area is 256 Å². The molecule has 0 saturated carbocycles. The van der Waals surface area contributed by atoms with Crippen LogP contribution in [0.5, 0.6) is 0 Å². The Bertz CT molecular complexity index is 1380. The van der Waals surface area contributed by atoms with Crippen molar-refractivity contribution in [2.75, 3.05) is 12.8 Å². The fourth-order valence-electron chi connectivity index (χ4n) is 4.43. The number of nitrogens with zero attached hydrogens (tertiary/aromatic N) is 2. The minimum absolute atomic E-state index is 0.116. The van der Waals surface area contributed by atoms with Gasteiger partial charge in [0.2, 0.25) is 17.7 Å². The van der Waals surface area contributed by atoms with Gasteiger partial charge in [0.15, 0.2) is 9.84 Å². The molecule has 1 fully saturated rings. The monoisotopic (exact) mass is 633 g/mol. The number of hydrogen-bond donors (Lipinski definition) is 4. The predicted molar refractivity (Wildman–Crippen MR) is 158 cm³/mol. The van der Waals surface area contributed by atoms with E-state index < -0.39 is 75.6 Å². The van der Waals surface area contributed by atoms with Crippen LogP contribution >= 0.6 is 0 Å². The summed E-state index contributed by atoms with van der Waals surface area (Å²) in [5.74, 6) is -3.51. The van der Waals surface area contributed by atoms with E-state index in [4.69, 9.17) is 10.00 Å². The molecule has 1 aromatic rings. The highest BCUT2D eigenvalue weighted by molar-refractivity contribution is 7.93. The number of carbonyl (C=O) groups is 5. The molecule has 1 saturated heterocycles. The van der Waals surface area contributed by atoms with Gasteiger partial charge in [-0.3, -0.25) is 19.2 Å². The molecule has 15 heteroatoms. The zero-order chi connectivity index (χ0) is 33.1. The Kier molecular flexibility index (Phi) is 12.9. The standard InChI is InChI=1S/C29H39N5O9S/c1-29(2,3)24(33-25(37)21(17-23(35)36)32-28(40)43-18-19-9-6-5-7-10-19)27(39)34-15-8-11-22(34)26(38)31-20(12-14-30)13-16-44(4,41)42/h5-7,9-10,13,16,20-22,24H,8,11-12,15,17-18H2,1-4H3,(H,31,38)(H,32,40)(H,33,37)(H,35,36)/t20-,21-,22+,24-/m0/s1. The number of hydrogen-bond acceptors (Lipinski definition) is 9. The first kappa shape index (κ1) is 35.7. The number of nitriles is 1. The van der Waals surface area contributed by atoms with E-state index in [1.165, 1.54) is 11.0 Å². The normalized spacial score (nSPS) is 17.2. The van der Waals surface area contributed by atoms with Crippen molar-refractivity contribution in [2.45, 2.75) is 77.2 Å². The second-order valence-electron chi connectivity index (χ2n) is 11.5. The highest BCUT2D eigenvalue weighted by atomic mass is 32.2. The molecule has 14 nitrogen and oxygen atoms in total. The third-order valence-corrected chi connectivity index (χ3v) is 7.29. The Balaban J connectivity index is 2.18. The maximum absolute atomic E-state index is 13.8. The Morgan fingerprint density at radius 2 is 1.80 bits per heavy atom. The summed E-state index contributed by atoms with van der Waals surface area (Å²) in [6.45, 7) is 5.09. The molecule has 0 bridgehead atoms. The number of sulfone groups is 1. The average Bonchev–Trinajstić information content (AvgIpc) is 3.42. The van der Waals surface area contributed by atoms with E-state index in [1.54, 1.807) is 51.1 Å². The van der Waals surface area contributed by atoms with Crippen LogP contribution in [0.4, 0.5) is 4.79 Å². The highest BCUT2D eigenvalue weighted by Gasteiger charge is 2.43. The minimum atomic E-state index is -3.51. The zero-order valence-electron chi connectivity index (χ0n) is 25.1. The van der Waals surface area contributed by atoms with Gasteiger partial charge >= 0.3 is 12.1 Å². The minimum Gasteiger partial charge on any atom is -0.481 e. The molecule has 4 N–H and O–H groups in total. The van der Waals surface area contributed by atoms with Gasteiger partial charge in [0.1, 0.15) is 24.7 Å². The topological polar surface area (TPSA) is 212 Å². The summed E-state index contributed by atoms with van der Waals surface area (Å²) in [5.41, 5.74) is -0.227. The number of amides is 4. The maximum atomic E-state index is 13.8. The van der Waals surface area contributed by atoms with E-state index in [0.717, 1.165) is 11.7 Å². The lowest BCUT2D eigenvalue weighted by atomic mass is 9.85. The van der Waals surface area contributed by atoms with Gasteiger partial charge in [0.05, 0.1) is 25.0 Å². The smallest absolute Gasteiger partial charge is 0.408 e. The fraction of sp³-hybridized carbons (Fsp3) is 0.517. The number of nitrogens with one attached hydrogen (secondary N) is 3. The molecule has 0 aliphatic carbocycles. The van der Waals surface area contributed by atoms with Gasteiger partial charge in [0.25, 0.3) is 0 Å². The van der Waals surface area contributed by atoms with Crippen molar-refractivity contribution in [3.8, 4) is 6.07 Å². The van der Waals surface area contributed by atoms with Crippen molar-refractivity contribution in [1.82, 2.24) is 20.9 Å². The van der Waals surface area contributed by atoms with Crippen molar-refractivity contribution >= 4 is 39.6 Å². The Morgan fingerprint density at radius 3 is 2.36 bits per heavy atom. The third-order valence-electron chi connectivity index (χ3n) is 6.64. The molecule has 44 heavy (non-hydrogen) atoms. The molecule has 0 aromatic heterocycles. The molecule has 1 aliphatic heterocycles. The molecule has 1 aromatic carbocycles. The first-order valence-electron chi connectivity index (χ1n) is 13.9. The molecule has 1 heterocycles. The molecule has 1 aliphatic rings. The van der Waals surface area contributed by atoms with Crippen LogP contribution in [0.1, 0.15) is 52.0 Å². The van der Waals surface area contributed by atoms with Gasteiger partial charge in [-0.2, -0.15) is 5.26 Å². The SMILES string of the molecule is CC(C)(C)[C@@H](NC(=O)[C@H](CC(=O)O)NC(=O)OCc1ccccc1)C(=O)N1CCC[C@@H]1C(=O)N[C@H](C=CS(C)(=O)=O)CC#N. The quantitative estimate of drug-likeness (QED) is 0.244. The second-order valence-corrected chi connectivity index (χ2v) is 13.4. The first-order valence-corrected chi connectivity index (χ1v) is 15.8. The molecule has 4 atom stereocenters. The van der Waals surface area contributed by atoms with Gasteiger partial charge in [-0.05, 0) is 29.9 Å². The molecule has 4 amide bonds. The van der Waals surface area contributed by atoms with Crippen LogP contribution in [-0.2, 0) is 40.4 Å². The zero-order valence-corrected chi connectivity index (χ0v) is 25.9. The van der Waals surface area contributed by atoms with Crippen molar-refractivity contribution in [3.05, 3.63) is 47.4 Å². The summed E-state index contributed by atoms with van der Waals surface area (Å²) in [6, 6.07) is 5.93. The number of likely N-dealkylation sites (tertiary alicyclic amines) is 1. The van der Waals surface area contributed by atoms with Crippen molar-refractivity contribution in [2.24, 2.45) is 5.41 Å². The van der Waals surface area contributed by atoms with E-state index in [0.29, 0.717) is 12.0 Å². The molecular formula is C29H39N5O9S. The maximum Gasteiger partial charge on any atom is 0.408 e. The summed E-state index contributed by atoms with van der Waals surface area (Å²) in [4.78, 5) is 65.4. The average molecular weight is 634 g/mol. The number of carboxylic acids is 1. The van der Waals surface area contributed by atoms with Crippen molar-refractivity contribution < 1.29 is 42.2 Å².